The zero-order valence-electron chi connectivity index (χ0n) is 4.20. The maximum absolute atomic E-state index is 8.39. The molecule has 8 heavy (non-hydrogen) atoms. The topological polar surface area (TPSA) is 38.7 Å². The van der Waals surface area contributed by atoms with Crippen molar-refractivity contribution in [2.75, 3.05) is 0 Å². The van der Waals surface area contributed by atoms with E-state index in [0.717, 1.165) is 6.26 Å². The van der Waals surface area contributed by atoms with Crippen molar-refractivity contribution < 1.29 is 14.3 Å². The van der Waals surface area contributed by atoms with Crippen LogP contribution in [0.15, 0.2) is 12.8 Å². The Morgan fingerprint density at radius 3 is 2.88 bits per heavy atom. The summed E-state index contributed by atoms with van der Waals surface area (Å²) in [5, 5.41) is 8.39. The number of hydrogen-bond acceptors (Lipinski definition) is 3. The minimum atomic E-state index is -1.39. The summed E-state index contributed by atoms with van der Waals surface area (Å²) in [7, 11) is -1.39. The van der Waals surface area contributed by atoms with Crippen molar-refractivity contribution in [1.29, 1.82) is 0 Å². The third-order valence-electron chi connectivity index (χ3n) is 0.381. The van der Waals surface area contributed by atoms with Crippen LogP contribution in [-0.2, 0) is 9.31 Å². The second kappa shape index (κ2) is 4.09. The summed E-state index contributed by atoms with van der Waals surface area (Å²) in [6, 6.07) is 0. The van der Waals surface area contributed by atoms with E-state index < -0.39 is 7.32 Å². The van der Waals surface area contributed by atoms with Gasteiger partial charge in [0.15, 0.2) is 0 Å². The molecular formula is C4H5BO3. The Morgan fingerprint density at radius 2 is 2.50 bits per heavy atom. The van der Waals surface area contributed by atoms with Gasteiger partial charge in [-0.3, -0.25) is 0 Å². The van der Waals surface area contributed by atoms with Gasteiger partial charge in [0.05, 0.1) is 12.4 Å². The summed E-state index contributed by atoms with van der Waals surface area (Å²) in [5.74, 6) is 0. The molecule has 0 aliphatic rings. The maximum Gasteiger partial charge on any atom is 0.793 e. The van der Waals surface area contributed by atoms with Crippen LogP contribution in [0, 0.1) is 12.5 Å². The van der Waals surface area contributed by atoms with E-state index >= 15 is 0 Å². The lowest BCUT2D eigenvalue weighted by atomic mass is 10.2. The summed E-state index contributed by atoms with van der Waals surface area (Å²) in [5.41, 5.74) is 0. The van der Waals surface area contributed by atoms with Crippen LogP contribution in [0.25, 0.3) is 0 Å². The van der Waals surface area contributed by atoms with Gasteiger partial charge in [-0.2, -0.15) is 0 Å². The highest BCUT2D eigenvalue weighted by Crippen LogP contribution is 1.80. The fourth-order valence-electron chi connectivity index (χ4n) is 0.168. The number of rotatable bonds is 3. The lowest BCUT2D eigenvalue weighted by Gasteiger charge is -1.97. The van der Waals surface area contributed by atoms with Gasteiger partial charge in [0.25, 0.3) is 0 Å². The molecule has 0 aliphatic heterocycles. The van der Waals surface area contributed by atoms with Gasteiger partial charge in [0.1, 0.15) is 0 Å². The van der Waals surface area contributed by atoms with Crippen LogP contribution in [-0.4, -0.2) is 12.3 Å². The molecule has 0 heterocycles. The molecule has 0 aromatic heterocycles. The van der Waals surface area contributed by atoms with Gasteiger partial charge in [0, 0.05) is 0 Å². The SMILES string of the molecule is C#COB(O)OC=C. The molecule has 0 aromatic carbocycles. The summed E-state index contributed by atoms with van der Waals surface area (Å²) in [6.07, 6.45) is 7.37. The molecule has 0 radical (unpaired) electrons. The molecule has 0 unspecified atom stereocenters. The molecule has 0 saturated carbocycles. The van der Waals surface area contributed by atoms with E-state index in [1.54, 1.807) is 6.11 Å². The highest BCUT2D eigenvalue weighted by Gasteiger charge is 2.15. The van der Waals surface area contributed by atoms with Crippen LogP contribution in [0.2, 0.25) is 0 Å². The minimum absolute atomic E-state index is 1.03. The first-order chi connectivity index (χ1) is 3.81. The van der Waals surface area contributed by atoms with Crippen molar-refractivity contribution in [3.8, 4) is 12.5 Å². The second-order valence-electron chi connectivity index (χ2n) is 0.845. The molecule has 0 aromatic rings. The van der Waals surface area contributed by atoms with E-state index in [1.807, 2.05) is 0 Å². The van der Waals surface area contributed by atoms with Crippen molar-refractivity contribution in [2.45, 2.75) is 0 Å². The summed E-state index contributed by atoms with van der Waals surface area (Å²) in [6.45, 7) is 3.15. The van der Waals surface area contributed by atoms with Crippen molar-refractivity contribution in [1.82, 2.24) is 0 Å². The molecule has 0 rings (SSSR count). The molecule has 0 atom stereocenters. The second-order valence-corrected chi connectivity index (χ2v) is 0.845. The van der Waals surface area contributed by atoms with Crippen molar-refractivity contribution in [2.24, 2.45) is 0 Å². The van der Waals surface area contributed by atoms with Crippen LogP contribution >= 0.6 is 0 Å². The lowest BCUT2D eigenvalue weighted by Crippen LogP contribution is -2.16. The van der Waals surface area contributed by atoms with Crippen LogP contribution in [0.4, 0.5) is 0 Å². The first kappa shape index (κ1) is 6.92. The Kier molecular flexibility index (Phi) is 3.54. The molecule has 0 saturated heterocycles. The van der Waals surface area contributed by atoms with E-state index in [-0.39, 0.29) is 0 Å². The molecule has 42 valence electrons. The Labute approximate surface area is 48.1 Å². The number of terminal acetylenes is 1. The van der Waals surface area contributed by atoms with Crippen molar-refractivity contribution in [3.05, 3.63) is 12.8 Å². The van der Waals surface area contributed by atoms with Crippen molar-refractivity contribution >= 4 is 7.32 Å². The molecule has 4 heteroatoms. The Morgan fingerprint density at radius 1 is 1.88 bits per heavy atom. The Hall–Kier alpha value is -1.08. The van der Waals surface area contributed by atoms with Gasteiger partial charge in [-0.05, 0) is 0 Å². The largest absolute Gasteiger partial charge is 0.793 e. The van der Waals surface area contributed by atoms with Gasteiger partial charge in [-0.1, -0.05) is 13.0 Å². The van der Waals surface area contributed by atoms with E-state index in [2.05, 4.69) is 22.3 Å². The first-order valence-electron chi connectivity index (χ1n) is 1.87. The minimum Gasteiger partial charge on any atom is -0.508 e. The van der Waals surface area contributed by atoms with Gasteiger partial charge < -0.3 is 14.3 Å². The zero-order chi connectivity index (χ0) is 6.41. The summed E-state index contributed by atoms with van der Waals surface area (Å²) in [4.78, 5) is 0. The Bertz CT molecular complexity index is 106. The quantitative estimate of drug-likeness (QED) is 0.310. The normalized spacial score (nSPS) is 6.50. The summed E-state index contributed by atoms with van der Waals surface area (Å²) < 4.78 is 8.31. The lowest BCUT2D eigenvalue weighted by molar-refractivity contribution is 0.252. The Balaban J connectivity index is 3.20. The fraction of sp³-hybridized carbons (Fsp3) is 0. The average molecular weight is 112 g/mol. The highest BCUT2D eigenvalue weighted by molar-refractivity contribution is 6.35. The molecule has 1 N–H and O–H groups in total. The van der Waals surface area contributed by atoms with E-state index in [9.17, 15) is 0 Å². The van der Waals surface area contributed by atoms with Crippen LogP contribution in [0.1, 0.15) is 0 Å². The summed E-state index contributed by atoms with van der Waals surface area (Å²) >= 11 is 0. The van der Waals surface area contributed by atoms with Gasteiger partial charge in [-0.25, -0.2) is 0 Å². The molecule has 0 spiro atoms. The molecule has 0 bridgehead atoms. The van der Waals surface area contributed by atoms with Gasteiger partial charge in [-0.15, -0.1) is 0 Å². The van der Waals surface area contributed by atoms with Crippen LogP contribution in [0.3, 0.4) is 0 Å². The molecule has 0 aliphatic carbocycles. The number of hydrogen-bond donors (Lipinski definition) is 1. The molecule has 3 nitrogen and oxygen atoms in total. The molecule has 0 amide bonds. The van der Waals surface area contributed by atoms with Gasteiger partial charge >= 0.3 is 7.32 Å². The van der Waals surface area contributed by atoms with Crippen LogP contribution < -0.4 is 0 Å². The maximum atomic E-state index is 8.39. The van der Waals surface area contributed by atoms with Crippen LogP contribution in [0.5, 0.6) is 0 Å². The molecule has 0 fully saturated rings. The average Bonchev–Trinajstić information content (AvgIpc) is 1.68. The zero-order valence-corrected chi connectivity index (χ0v) is 4.20. The highest BCUT2D eigenvalue weighted by atomic mass is 16.7. The van der Waals surface area contributed by atoms with Gasteiger partial charge in [0.2, 0.25) is 0 Å². The first-order valence-corrected chi connectivity index (χ1v) is 1.87. The molecular weight excluding hydrogens is 107 g/mol. The predicted molar refractivity (Wildman–Crippen MR) is 29.2 cm³/mol. The van der Waals surface area contributed by atoms with E-state index in [0.29, 0.717) is 0 Å². The predicted octanol–water partition coefficient (Wildman–Crippen LogP) is -0.269. The standard InChI is InChI=1S/C4H5BO3/c1-3-7-5(6)8-4-2/h1,4,6H,2H2. The monoisotopic (exact) mass is 112 g/mol. The third-order valence-corrected chi connectivity index (χ3v) is 0.381. The van der Waals surface area contributed by atoms with Crippen molar-refractivity contribution in [3.63, 3.8) is 0 Å². The third kappa shape index (κ3) is 3.13. The van der Waals surface area contributed by atoms with E-state index in [4.69, 9.17) is 5.02 Å². The fourth-order valence-corrected chi connectivity index (χ4v) is 0.168. The smallest absolute Gasteiger partial charge is 0.508 e. The van der Waals surface area contributed by atoms with E-state index in [1.165, 1.54) is 0 Å².